The van der Waals surface area contributed by atoms with Crippen LogP contribution in [-0.4, -0.2) is 38.9 Å². The van der Waals surface area contributed by atoms with Gasteiger partial charge in [-0.15, -0.1) is 0 Å². The molecule has 4 nitrogen and oxygen atoms in total. The molecular weight excluding hydrogens is 314 g/mol. The summed E-state index contributed by atoms with van der Waals surface area (Å²) < 4.78 is 0. The van der Waals surface area contributed by atoms with Crippen LogP contribution in [0, 0.1) is 6.92 Å². The maximum Gasteiger partial charge on any atom is 0.115 e. The Kier molecular flexibility index (Phi) is 5.42. The van der Waals surface area contributed by atoms with E-state index < -0.39 is 6.10 Å². The molecule has 0 aromatic heterocycles. The van der Waals surface area contributed by atoms with Gasteiger partial charge in [0.05, 0.1) is 12.2 Å². The highest BCUT2D eigenvalue weighted by atomic mass is 16.3. The van der Waals surface area contributed by atoms with Crippen LogP contribution in [0.2, 0.25) is 0 Å². The number of rotatable bonds is 4. The summed E-state index contributed by atoms with van der Waals surface area (Å²) in [6, 6.07) is 15.1. The van der Waals surface area contributed by atoms with Crippen molar-refractivity contribution in [2.75, 3.05) is 6.54 Å². The van der Waals surface area contributed by atoms with Crippen LogP contribution < -0.4 is 0 Å². The van der Waals surface area contributed by atoms with Gasteiger partial charge in [0, 0.05) is 18.6 Å². The molecule has 1 fully saturated rings. The lowest BCUT2D eigenvalue weighted by atomic mass is 9.89. The third-order valence-electron chi connectivity index (χ3n) is 5.29. The summed E-state index contributed by atoms with van der Waals surface area (Å²) >= 11 is 0. The second-order valence-electron chi connectivity index (χ2n) is 7.12. The van der Waals surface area contributed by atoms with Crippen molar-refractivity contribution in [1.29, 1.82) is 0 Å². The van der Waals surface area contributed by atoms with Gasteiger partial charge in [-0.25, -0.2) is 0 Å². The van der Waals surface area contributed by atoms with Gasteiger partial charge in [-0.3, -0.25) is 4.90 Å². The topological polar surface area (TPSA) is 63.9 Å². The summed E-state index contributed by atoms with van der Waals surface area (Å²) in [7, 11) is 0. The van der Waals surface area contributed by atoms with Gasteiger partial charge in [-0.1, -0.05) is 42.0 Å². The van der Waals surface area contributed by atoms with E-state index in [1.807, 2.05) is 6.92 Å². The number of aryl methyl sites for hydroxylation is 1. The van der Waals surface area contributed by atoms with Gasteiger partial charge in [0.25, 0.3) is 0 Å². The van der Waals surface area contributed by atoms with E-state index >= 15 is 0 Å². The average molecular weight is 341 g/mol. The van der Waals surface area contributed by atoms with Crippen LogP contribution >= 0.6 is 0 Å². The van der Waals surface area contributed by atoms with E-state index in [0.29, 0.717) is 6.42 Å². The summed E-state index contributed by atoms with van der Waals surface area (Å²) in [5.74, 6) is 0.197. The Morgan fingerprint density at radius 1 is 1.04 bits per heavy atom. The first-order valence-corrected chi connectivity index (χ1v) is 8.93. The van der Waals surface area contributed by atoms with Crippen LogP contribution in [-0.2, 0) is 0 Å². The molecule has 134 valence electrons. The average Bonchev–Trinajstić information content (AvgIpc) is 2.62. The molecule has 3 rings (SSSR count). The Morgan fingerprint density at radius 3 is 2.32 bits per heavy atom. The van der Waals surface area contributed by atoms with Crippen LogP contribution in [0.15, 0.2) is 48.5 Å². The highest BCUT2D eigenvalue weighted by molar-refractivity contribution is 5.29. The Bertz CT molecular complexity index is 683. The van der Waals surface area contributed by atoms with Crippen molar-refractivity contribution in [1.82, 2.24) is 4.90 Å². The minimum absolute atomic E-state index is 0.0890. The van der Waals surface area contributed by atoms with E-state index in [1.54, 1.807) is 24.3 Å². The Hall–Kier alpha value is -1.88. The van der Waals surface area contributed by atoms with Gasteiger partial charge in [0.1, 0.15) is 5.75 Å². The van der Waals surface area contributed by atoms with Crippen molar-refractivity contribution in [3.63, 3.8) is 0 Å². The van der Waals surface area contributed by atoms with E-state index in [0.717, 1.165) is 18.5 Å². The lowest BCUT2D eigenvalue weighted by molar-refractivity contribution is -0.0221. The van der Waals surface area contributed by atoms with Crippen molar-refractivity contribution < 1.29 is 15.3 Å². The van der Waals surface area contributed by atoms with E-state index in [9.17, 15) is 15.3 Å². The molecule has 0 radical (unpaired) electrons. The third-order valence-corrected chi connectivity index (χ3v) is 5.29. The Labute approximate surface area is 149 Å². The molecule has 2 aromatic rings. The van der Waals surface area contributed by atoms with Gasteiger partial charge in [0.15, 0.2) is 0 Å². The van der Waals surface area contributed by atoms with E-state index in [-0.39, 0.29) is 23.9 Å². The fourth-order valence-corrected chi connectivity index (χ4v) is 3.70. The number of aliphatic hydroxyl groups is 2. The van der Waals surface area contributed by atoms with Crippen LogP contribution in [0.4, 0.5) is 0 Å². The quantitative estimate of drug-likeness (QED) is 0.798. The standard InChI is InChI=1S/C21H27NO3/c1-14-3-5-16(6-4-14)20-13-19(24)11-12-22(20)15(2)21(25)17-7-9-18(23)10-8-17/h3-10,15,19-21,23-25H,11-13H2,1-2H3/t15-,19?,20?,21-/m1/s1. The lowest BCUT2D eigenvalue weighted by Gasteiger charge is -2.43. The molecule has 1 heterocycles. The predicted octanol–water partition coefficient (Wildman–Crippen LogP) is 3.32. The molecule has 3 N–H and O–H groups in total. The molecule has 1 aliphatic heterocycles. The Morgan fingerprint density at radius 2 is 1.68 bits per heavy atom. The number of phenolic OH excluding ortho intramolecular Hbond substituents is 1. The van der Waals surface area contributed by atoms with Gasteiger partial charge < -0.3 is 15.3 Å². The van der Waals surface area contributed by atoms with Crippen LogP contribution in [0.3, 0.4) is 0 Å². The maximum atomic E-state index is 10.8. The summed E-state index contributed by atoms with van der Waals surface area (Å²) in [6.07, 6.45) is 0.439. The molecular formula is C21H27NO3. The normalized spacial score (nSPS) is 24.0. The highest BCUT2D eigenvalue weighted by Gasteiger charge is 2.34. The molecule has 0 aliphatic carbocycles. The first kappa shape index (κ1) is 17.9. The summed E-state index contributed by atoms with van der Waals surface area (Å²) in [6.45, 7) is 4.83. The number of likely N-dealkylation sites (tertiary alicyclic amines) is 1. The summed E-state index contributed by atoms with van der Waals surface area (Å²) in [5.41, 5.74) is 3.18. The zero-order valence-corrected chi connectivity index (χ0v) is 14.8. The SMILES string of the molecule is Cc1ccc(C2CC(O)CCN2[C@H](C)[C@@H](O)c2ccc(O)cc2)cc1. The van der Waals surface area contributed by atoms with Gasteiger partial charge >= 0.3 is 0 Å². The summed E-state index contributed by atoms with van der Waals surface area (Å²) in [4.78, 5) is 2.29. The van der Waals surface area contributed by atoms with Crippen molar-refractivity contribution >= 4 is 0 Å². The minimum atomic E-state index is -0.649. The molecule has 1 aliphatic rings. The number of aromatic hydroxyl groups is 1. The fraction of sp³-hybridized carbons (Fsp3) is 0.429. The molecule has 1 saturated heterocycles. The predicted molar refractivity (Wildman–Crippen MR) is 98.4 cm³/mol. The number of phenols is 1. The zero-order chi connectivity index (χ0) is 18.0. The van der Waals surface area contributed by atoms with Crippen LogP contribution in [0.5, 0.6) is 5.75 Å². The van der Waals surface area contributed by atoms with Gasteiger partial charge in [-0.05, 0) is 49.9 Å². The van der Waals surface area contributed by atoms with Gasteiger partial charge in [0.2, 0.25) is 0 Å². The number of hydrogen-bond donors (Lipinski definition) is 3. The molecule has 0 spiro atoms. The molecule has 0 saturated carbocycles. The molecule has 0 amide bonds. The summed E-state index contributed by atoms with van der Waals surface area (Å²) in [5, 5.41) is 30.4. The van der Waals surface area contributed by atoms with Crippen molar-refractivity contribution in [2.24, 2.45) is 0 Å². The largest absolute Gasteiger partial charge is 0.508 e. The van der Waals surface area contributed by atoms with E-state index in [1.165, 1.54) is 11.1 Å². The van der Waals surface area contributed by atoms with Crippen LogP contribution in [0.25, 0.3) is 0 Å². The molecule has 0 bridgehead atoms. The molecule has 4 atom stereocenters. The highest BCUT2D eigenvalue weighted by Crippen LogP contribution is 2.36. The maximum absolute atomic E-state index is 10.8. The van der Waals surface area contributed by atoms with Crippen molar-refractivity contribution in [2.45, 2.75) is 51.0 Å². The van der Waals surface area contributed by atoms with Crippen molar-refractivity contribution in [3.05, 3.63) is 65.2 Å². The molecule has 2 unspecified atom stereocenters. The van der Waals surface area contributed by atoms with Crippen molar-refractivity contribution in [3.8, 4) is 5.75 Å². The van der Waals surface area contributed by atoms with E-state index in [4.69, 9.17) is 0 Å². The van der Waals surface area contributed by atoms with E-state index in [2.05, 4.69) is 36.1 Å². The molecule has 2 aromatic carbocycles. The van der Waals surface area contributed by atoms with Crippen LogP contribution in [0.1, 0.15) is 48.6 Å². The lowest BCUT2D eigenvalue weighted by Crippen LogP contribution is -2.46. The fourth-order valence-electron chi connectivity index (χ4n) is 3.70. The monoisotopic (exact) mass is 341 g/mol. The van der Waals surface area contributed by atoms with Gasteiger partial charge in [-0.2, -0.15) is 0 Å². The molecule has 25 heavy (non-hydrogen) atoms. The number of hydrogen-bond acceptors (Lipinski definition) is 4. The Balaban J connectivity index is 1.83. The number of benzene rings is 2. The number of aliphatic hydroxyl groups excluding tert-OH is 2. The number of nitrogens with zero attached hydrogens (tertiary/aromatic N) is 1. The first-order valence-electron chi connectivity index (χ1n) is 8.93. The second-order valence-corrected chi connectivity index (χ2v) is 7.12. The smallest absolute Gasteiger partial charge is 0.115 e. The first-order chi connectivity index (χ1) is 12.0. The second kappa shape index (κ2) is 7.56. The molecule has 4 heteroatoms. The number of piperidine rings is 1. The third kappa shape index (κ3) is 4.03. The minimum Gasteiger partial charge on any atom is -0.508 e. The zero-order valence-electron chi connectivity index (χ0n) is 14.8.